The Morgan fingerprint density at radius 1 is 0.917 bits per heavy atom. The van der Waals surface area contributed by atoms with E-state index in [-0.39, 0.29) is 0 Å². The zero-order valence-corrected chi connectivity index (χ0v) is 7.03. The molecule has 0 aliphatic heterocycles. The number of allylic oxidation sites excluding steroid dienone is 10. The van der Waals surface area contributed by atoms with Gasteiger partial charge in [0.25, 0.3) is 0 Å². The Morgan fingerprint density at radius 2 is 1.83 bits per heavy atom. The first-order chi connectivity index (χ1) is 5.95. The predicted molar refractivity (Wildman–Crippen MR) is 52.8 cm³/mol. The first-order valence-electron chi connectivity index (χ1n) is 4.33. The van der Waals surface area contributed by atoms with Gasteiger partial charge in [-0.2, -0.15) is 0 Å². The van der Waals surface area contributed by atoms with Gasteiger partial charge in [0.05, 0.1) is 0 Å². The molecule has 2 bridgehead atoms. The van der Waals surface area contributed by atoms with Crippen molar-refractivity contribution in [1.29, 1.82) is 0 Å². The molecule has 0 aromatic carbocycles. The number of rotatable bonds is 0. The first kappa shape index (κ1) is 7.35. The van der Waals surface area contributed by atoms with Crippen LogP contribution in [0.3, 0.4) is 0 Å². The minimum absolute atomic E-state index is 1.09. The van der Waals surface area contributed by atoms with Gasteiger partial charge < -0.3 is 0 Å². The molecule has 0 N–H and O–H groups in total. The van der Waals surface area contributed by atoms with E-state index in [0.29, 0.717) is 0 Å². The molecule has 2 aliphatic rings. The molecule has 0 fully saturated rings. The Morgan fingerprint density at radius 3 is 2.83 bits per heavy atom. The van der Waals surface area contributed by atoms with E-state index in [0.717, 1.165) is 12.8 Å². The van der Waals surface area contributed by atoms with Crippen LogP contribution in [0.2, 0.25) is 0 Å². The van der Waals surface area contributed by atoms with Crippen LogP contribution in [0, 0.1) is 0 Å². The maximum Gasteiger partial charge on any atom is -0.00609 e. The van der Waals surface area contributed by atoms with Gasteiger partial charge in [-0.15, -0.1) is 0 Å². The van der Waals surface area contributed by atoms with Gasteiger partial charge in [0, 0.05) is 0 Å². The van der Waals surface area contributed by atoms with Gasteiger partial charge in [-0.3, -0.25) is 0 Å². The van der Waals surface area contributed by atoms with Crippen molar-refractivity contribution in [2.45, 2.75) is 12.8 Å². The lowest BCUT2D eigenvalue weighted by Gasteiger charge is -2.05. The summed E-state index contributed by atoms with van der Waals surface area (Å²) in [6.07, 6.45) is 19.4. The molecule has 0 saturated heterocycles. The minimum Gasteiger partial charge on any atom is -0.0804 e. The summed E-state index contributed by atoms with van der Waals surface area (Å²) in [5.41, 5.74) is 2.90. The van der Waals surface area contributed by atoms with Gasteiger partial charge in [-0.05, 0) is 18.4 Å². The zero-order chi connectivity index (χ0) is 8.23. The SMILES string of the molecule is C1=CC=C2CC=CC=CC(=C1)C2. The molecule has 12 heavy (non-hydrogen) atoms. The van der Waals surface area contributed by atoms with Gasteiger partial charge in [0.15, 0.2) is 0 Å². The van der Waals surface area contributed by atoms with Crippen LogP contribution in [0.15, 0.2) is 59.8 Å². The monoisotopic (exact) mass is 156 g/mol. The normalized spacial score (nSPS) is 20.7. The van der Waals surface area contributed by atoms with Crippen LogP contribution in [0.25, 0.3) is 0 Å². The summed E-state index contributed by atoms with van der Waals surface area (Å²) in [6, 6.07) is 0. The fraction of sp³-hybridized carbons (Fsp3) is 0.167. The molecule has 0 aromatic heterocycles. The first-order valence-corrected chi connectivity index (χ1v) is 4.33. The lowest BCUT2D eigenvalue weighted by Crippen LogP contribution is -1.85. The van der Waals surface area contributed by atoms with E-state index in [9.17, 15) is 0 Å². The lowest BCUT2D eigenvalue weighted by molar-refractivity contribution is 1.07. The zero-order valence-electron chi connectivity index (χ0n) is 7.03. The third-order valence-corrected chi connectivity index (χ3v) is 2.12. The van der Waals surface area contributed by atoms with Crippen molar-refractivity contribution in [3.8, 4) is 0 Å². The summed E-state index contributed by atoms with van der Waals surface area (Å²) in [5, 5.41) is 0. The lowest BCUT2D eigenvalue weighted by atomic mass is 10.0. The summed E-state index contributed by atoms with van der Waals surface area (Å²) in [6.45, 7) is 0. The highest BCUT2D eigenvalue weighted by Crippen LogP contribution is 2.20. The second-order valence-electron chi connectivity index (χ2n) is 3.12. The molecule has 0 heterocycles. The molecule has 60 valence electrons. The van der Waals surface area contributed by atoms with Gasteiger partial charge in [0.2, 0.25) is 0 Å². The van der Waals surface area contributed by atoms with Gasteiger partial charge in [0.1, 0.15) is 0 Å². The second kappa shape index (κ2) is 3.40. The van der Waals surface area contributed by atoms with E-state index in [2.05, 4.69) is 48.6 Å². The Balaban J connectivity index is 2.37. The molecule has 0 unspecified atom stereocenters. The smallest absolute Gasteiger partial charge is 0.00609 e. The summed E-state index contributed by atoms with van der Waals surface area (Å²) in [7, 11) is 0. The highest BCUT2D eigenvalue weighted by Gasteiger charge is 2.01. The third kappa shape index (κ3) is 1.65. The maximum absolute atomic E-state index is 2.22. The standard InChI is InChI=1S/C12H12/c1-2-6-11-8-4-5-9-12(10-11)7-3-1/h1-6,8-9H,7,10H2. The minimum atomic E-state index is 1.09. The molecule has 2 rings (SSSR count). The van der Waals surface area contributed by atoms with Crippen LogP contribution in [0.4, 0.5) is 0 Å². The topological polar surface area (TPSA) is 0 Å². The number of hydrogen-bond donors (Lipinski definition) is 0. The van der Waals surface area contributed by atoms with E-state index in [4.69, 9.17) is 0 Å². The average Bonchev–Trinajstić information content (AvgIpc) is 2.25. The summed E-state index contributed by atoms with van der Waals surface area (Å²) in [5.74, 6) is 0. The van der Waals surface area contributed by atoms with E-state index >= 15 is 0 Å². The van der Waals surface area contributed by atoms with Crippen LogP contribution in [-0.4, -0.2) is 0 Å². The van der Waals surface area contributed by atoms with Crippen molar-refractivity contribution in [1.82, 2.24) is 0 Å². The van der Waals surface area contributed by atoms with Gasteiger partial charge >= 0.3 is 0 Å². The van der Waals surface area contributed by atoms with Crippen molar-refractivity contribution in [3.05, 3.63) is 59.8 Å². The van der Waals surface area contributed by atoms with Crippen molar-refractivity contribution < 1.29 is 0 Å². The van der Waals surface area contributed by atoms with Crippen molar-refractivity contribution in [2.24, 2.45) is 0 Å². The molecule has 0 nitrogen and oxygen atoms in total. The van der Waals surface area contributed by atoms with Crippen LogP contribution >= 0.6 is 0 Å². The molecule has 0 saturated carbocycles. The Hall–Kier alpha value is -1.30. The van der Waals surface area contributed by atoms with Crippen LogP contribution in [0.5, 0.6) is 0 Å². The quantitative estimate of drug-likeness (QED) is 0.504. The average molecular weight is 156 g/mol. The number of hydrogen-bond acceptors (Lipinski definition) is 0. The molecule has 0 amide bonds. The molecule has 0 atom stereocenters. The molecular weight excluding hydrogens is 144 g/mol. The van der Waals surface area contributed by atoms with Gasteiger partial charge in [-0.1, -0.05) is 54.2 Å². The Bertz CT molecular complexity index is 309. The molecule has 0 aromatic rings. The van der Waals surface area contributed by atoms with E-state index in [1.165, 1.54) is 11.1 Å². The maximum atomic E-state index is 2.22. The summed E-state index contributed by atoms with van der Waals surface area (Å²) >= 11 is 0. The fourth-order valence-corrected chi connectivity index (χ4v) is 1.48. The van der Waals surface area contributed by atoms with Gasteiger partial charge in [-0.25, -0.2) is 0 Å². The molecular formula is C12H12. The molecule has 0 radical (unpaired) electrons. The largest absolute Gasteiger partial charge is 0.0804 e. The van der Waals surface area contributed by atoms with Crippen molar-refractivity contribution in [2.75, 3.05) is 0 Å². The van der Waals surface area contributed by atoms with Crippen molar-refractivity contribution in [3.63, 3.8) is 0 Å². The molecule has 0 spiro atoms. The highest BCUT2D eigenvalue weighted by atomic mass is 14.1. The highest BCUT2D eigenvalue weighted by molar-refractivity contribution is 5.37. The van der Waals surface area contributed by atoms with Crippen molar-refractivity contribution >= 4 is 0 Å². The Kier molecular flexibility index (Phi) is 2.08. The fourth-order valence-electron chi connectivity index (χ4n) is 1.48. The predicted octanol–water partition coefficient (Wildman–Crippen LogP) is 3.32. The van der Waals surface area contributed by atoms with Crippen LogP contribution in [0.1, 0.15) is 12.8 Å². The molecule has 0 heteroatoms. The number of fused-ring (bicyclic) bond motifs is 2. The van der Waals surface area contributed by atoms with E-state index in [1.54, 1.807) is 0 Å². The van der Waals surface area contributed by atoms with E-state index in [1.807, 2.05) is 0 Å². The third-order valence-electron chi connectivity index (χ3n) is 2.12. The Labute approximate surface area is 73.3 Å². The van der Waals surface area contributed by atoms with Crippen LogP contribution < -0.4 is 0 Å². The summed E-state index contributed by atoms with van der Waals surface area (Å²) < 4.78 is 0. The molecule has 2 aliphatic carbocycles. The van der Waals surface area contributed by atoms with Crippen LogP contribution in [-0.2, 0) is 0 Å². The summed E-state index contributed by atoms with van der Waals surface area (Å²) in [4.78, 5) is 0. The van der Waals surface area contributed by atoms with E-state index < -0.39 is 0 Å². The second-order valence-corrected chi connectivity index (χ2v) is 3.12.